The standard InChI is InChI=1S/C21H45O4Si2/c1-10-13-15-17-27(20(4,5)6,18-16-14-11-2)25-19(22)21(7,12-3)26(23-8)24-9/h10-18H2,1-9H3. The summed E-state index contributed by atoms with van der Waals surface area (Å²) in [6.45, 7) is 15.2. The van der Waals surface area contributed by atoms with E-state index in [9.17, 15) is 4.79 Å². The summed E-state index contributed by atoms with van der Waals surface area (Å²) >= 11 is 0. The molecule has 6 heteroatoms. The van der Waals surface area contributed by atoms with Crippen LogP contribution in [-0.4, -0.2) is 37.8 Å². The number of carbonyl (C=O) groups is 1. The number of hydrogen-bond donors (Lipinski definition) is 0. The second-order valence-electron chi connectivity index (χ2n) is 8.93. The molecule has 0 bridgehead atoms. The van der Waals surface area contributed by atoms with E-state index in [0.717, 1.165) is 24.9 Å². The zero-order valence-electron chi connectivity index (χ0n) is 19.5. The molecule has 0 heterocycles. The van der Waals surface area contributed by atoms with Crippen molar-refractivity contribution >= 4 is 23.6 Å². The molecule has 161 valence electrons. The Labute approximate surface area is 171 Å². The Hall–Kier alpha value is -0.176. The second kappa shape index (κ2) is 12.4. The smallest absolute Gasteiger partial charge is 0.402 e. The summed E-state index contributed by atoms with van der Waals surface area (Å²) in [7, 11) is -0.735. The van der Waals surface area contributed by atoms with Gasteiger partial charge in [0.05, 0.1) is 0 Å². The highest BCUT2D eigenvalue weighted by Crippen LogP contribution is 2.47. The lowest BCUT2D eigenvalue weighted by atomic mass is 10.1. The molecule has 0 aliphatic heterocycles. The fourth-order valence-corrected chi connectivity index (χ4v) is 9.81. The second-order valence-corrected chi connectivity index (χ2v) is 16.1. The SMILES string of the molecule is CCCCC[Si](CCCCC)(OC(=O)C(C)(CC)[Si](OC)OC)C(C)(C)C. The van der Waals surface area contributed by atoms with Crippen LogP contribution < -0.4 is 0 Å². The molecule has 0 saturated heterocycles. The third-order valence-electron chi connectivity index (χ3n) is 6.00. The summed E-state index contributed by atoms with van der Waals surface area (Å²) < 4.78 is 17.7. The maximum absolute atomic E-state index is 13.5. The molecule has 0 saturated carbocycles. The molecular weight excluding hydrogens is 372 g/mol. The van der Waals surface area contributed by atoms with Crippen LogP contribution in [-0.2, 0) is 18.1 Å². The molecule has 0 spiro atoms. The van der Waals surface area contributed by atoms with E-state index in [-0.39, 0.29) is 11.0 Å². The van der Waals surface area contributed by atoms with Gasteiger partial charge in [-0.15, -0.1) is 0 Å². The van der Waals surface area contributed by atoms with E-state index in [2.05, 4.69) is 34.6 Å². The lowest BCUT2D eigenvalue weighted by Crippen LogP contribution is -2.52. The van der Waals surface area contributed by atoms with E-state index >= 15 is 0 Å². The zero-order valence-corrected chi connectivity index (χ0v) is 21.5. The Kier molecular flexibility index (Phi) is 12.3. The van der Waals surface area contributed by atoms with Crippen molar-refractivity contribution in [3.8, 4) is 0 Å². The number of rotatable bonds is 14. The van der Waals surface area contributed by atoms with E-state index in [4.69, 9.17) is 13.3 Å². The lowest BCUT2D eigenvalue weighted by molar-refractivity contribution is -0.139. The van der Waals surface area contributed by atoms with Gasteiger partial charge in [-0.2, -0.15) is 0 Å². The first-order valence-corrected chi connectivity index (χ1v) is 14.4. The molecule has 0 fully saturated rings. The van der Waals surface area contributed by atoms with E-state index in [1.807, 2.05) is 13.8 Å². The van der Waals surface area contributed by atoms with Gasteiger partial charge in [0, 0.05) is 14.2 Å². The van der Waals surface area contributed by atoms with E-state index < -0.39 is 22.6 Å². The predicted molar refractivity (Wildman–Crippen MR) is 119 cm³/mol. The van der Waals surface area contributed by atoms with Gasteiger partial charge in [-0.3, -0.25) is 4.79 Å². The van der Waals surface area contributed by atoms with Crippen molar-refractivity contribution in [3.05, 3.63) is 0 Å². The Bertz CT molecular complexity index is 409. The van der Waals surface area contributed by atoms with Gasteiger partial charge < -0.3 is 13.3 Å². The Morgan fingerprint density at radius 1 is 0.852 bits per heavy atom. The van der Waals surface area contributed by atoms with Gasteiger partial charge in [0.2, 0.25) is 0 Å². The normalized spacial score (nSPS) is 15.0. The fraction of sp³-hybridized carbons (Fsp3) is 0.952. The summed E-state index contributed by atoms with van der Waals surface area (Å²) in [6.07, 6.45) is 7.73. The molecule has 0 aliphatic carbocycles. The predicted octanol–water partition coefficient (Wildman–Crippen LogP) is 6.61. The molecule has 0 aromatic carbocycles. The molecule has 0 amide bonds. The van der Waals surface area contributed by atoms with Crippen LogP contribution in [0.5, 0.6) is 0 Å². The van der Waals surface area contributed by atoms with Crippen molar-refractivity contribution in [1.29, 1.82) is 0 Å². The van der Waals surface area contributed by atoms with Crippen LogP contribution in [0.2, 0.25) is 22.2 Å². The van der Waals surface area contributed by atoms with Crippen molar-refractivity contribution in [2.45, 2.75) is 116 Å². The van der Waals surface area contributed by atoms with Gasteiger partial charge in [-0.05, 0) is 30.5 Å². The van der Waals surface area contributed by atoms with Gasteiger partial charge in [0.15, 0.2) is 0 Å². The maximum Gasteiger partial charge on any atom is 0.402 e. The fourth-order valence-electron chi connectivity index (χ4n) is 3.65. The van der Waals surface area contributed by atoms with Crippen molar-refractivity contribution < 1.29 is 18.1 Å². The first kappa shape index (κ1) is 26.8. The van der Waals surface area contributed by atoms with Crippen LogP contribution in [0.25, 0.3) is 0 Å². The minimum Gasteiger partial charge on any atom is -0.518 e. The number of carbonyl (C=O) groups excluding carboxylic acids is 1. The van der Waals surface area contributed by atoms with Crippen LogP contribution >= 0.6 is 0 Å². The van der Waals surface area contributed by atoms with E-state index in [1.54, 1.807) is 14.2 Å². The molecule has 1 atom stereocenters. The Balaban J connectivity index is 5.77. The molecule has 1 radical (unpaired) electrons. The van der Waals surface area contributed by atoms with Gasteiger partial charge in [0.25, 0.3) is 14.3 Å². The third kappa shape index (κ3) is 7.29. The molecule has 0 aliphatic rings. The minimum atomic E-state index is -2.28. The molecule has 1 unspecified atom stereocenters. The van der Waals surface area contributed by atoms with Crippen molar-refractivity contribution in [1.82, 2.24) is 0 Å². The average Bonchev–Trinajstić information content (AvgIpc) is 2.61. The highest BCUT2D eigenvalue weighted by atomic mass is 28.4. The van der Waals surface area contributed by atoms with Crippen molar-refractivity contribution in [2.24, 2.45) is 0 Å². The first-order valence-electron chi connectivity index (χ1n) is 10.8. The van der Waals surface area contributed by atoms with E-state index in [1.165, 1.54) is 25.7 Å². The zero-order chi connectivity index (χ0) is 21.1. The van der Waals surface area contributed by atoms with Gasteiger partial charge in [-0.1, -0.05) is 80.1 Å². The quantitative estimate of drug-likeness (QED) is 0.236. The summed E-state index contributed by atoms with van der Waals surface area (Å²) in [4.78, 5) is 13.5. The van der Waals surface area contributed by atoms with E-state index in [0.29, 0.717) is 6.42 Å². The molecule has 27 heavy (non-hydrogen) atoms. The largest absolute Gasteiger partial charge is 0.518 e. The molecule has 0 rings (SSSR count). The van der Waals surface area contributed by atoms with Crippen molar-refractivity contribution in [3.63, 3.8) is 0 Å². The highest BCUT2D eigenvalue weighted by molar-refractivity contribution is 6.78. The summed E-state index contributed by atoms with van der Waals surface area (Å²) in [5.41, 5.74) is 0. The summed E-state index contributed by atoms with van der Waals surface area (Å²) in [5, 5.41) is -0.668. The Morgan fingerprint density at radius 2 is 1.30 bits per heavy atom. The topological polar surface area (TPSA) is 44.8 Å². The van der Waals surface area contributed by atoms with Crippen LogP contribution in [0.15, 0.2) is 0 Å². The number of hydrogen-bond acceptors (Lipinski definition) is 4. The van der Waals surface area contributed by atoms with Gasteiger partial charge in [0.1, 0.15) is 5.04 Å². The summed E-state index contributed by atoms with van der Waals surface area (Å²) in [6, 6.07) is 2.11. The molecular formula is C21H45O4Si2. The average molecular weight is 418 g/mol. The first-order chi connectivity index (χ1) is 12.6. The highest BCUT2D eigenvalue weighted by Gasteiger charge is 2.53. The number of unbranched alkanes of at least 4 members (excludes halogenated alkanes) is 4. The van der Waals surface area contributed by atoms with Crippen molar-refractivity contribution in [2.75, 3.05) is 14.2 Å². The van der Waals surface area contributed by atoms with Crippen LogP contribution in [0.1, 0.15) is 93.4 Å². The molecule has 0 aromatic heterocycles. The lowest BCUT2D eigenvalue weighted by Gasteiger charge is -2.44. The molecule has 4 nitrogen and oxygen atoms in total. The third-order valence-corrected chi connectivity index (χ3v) is 13.8. The molecule has 0 aromatic rings. The maximum atomic E-state index is 13.5. The van der Waals surface area contributed by atoms with Gasteiger partial charge >= 0.3 is 9.28 Å². The van der Waals surface area contributed by atoms with Crippen LogP contribution in [0.4, 0.5) is 0 Å². The summed E-state index contributed by atoms with van der Waals surface area (Å²) in [5.74, 6) is -0.0998. The monoisotopic (exact) mass is 417 g/mol. The van der Waals surface area contributed by atoms with Crippen LogP contribution in [0, 0.1) is 0 Å². The minimum absolute atomic E-state index is 0.0197. The molecule has 0 N–H and O–H groups in total. The Morgan fingerprint density at radius 3 is 1.59 bits per heavy atom. The van der Waals surface area contributed by atoms with Crippen LogP contribution in [0.3, 0.4) is 0 Å². The van der Waals surface area contributed by atoms with Gasteiger partial charge in [-0.25, -0.2) is 0 Å².